The fourth-order valence-electron chi connectivity index (χ4n) is 2.33. The zero-order chi connectivity index (χ0) is 6.97. The van der Waals surface area contributed by atoms with E-state index in [1.54, 1.807) is 0 Å². The molecule has 0 aromatic carbocycles. The maximum atomic E-state index is 9.54. The number of nitrogens with one attached hydrogen (secondary N) is 1. The van der Waals surface area contributed by atoms with Gasteiger partial charge in [0.15, 0.2) is 0 Å². The first-order valence-electron chi connectivity index (χ1n) is 4.29. The first kappa shape index (κ1) is 6.62. The Balaban J connectivity index is 2.03. The van der Waals surface area contributed by atoms with Gasteiger partial charge in [0.1, 0.15) is 0 Å². The number of aliphatic hydroxyl groups is 1. The third kappa shape index (κ3) is 0.956. The highest BCUT2D eigenvalue weighted by atomic mass is 16.3. The lowest BCUT2D eigenvalue weighted by Gasteiger charge is -2.31. The molecule has 2 rings (SSSR count). The molecular weight excluding hydrogens is 126 g/mol. The third-order valence-electron chi connectivity index (χ3n) is 2.91. The number of aliphatic hydroxyl groups excluding tert-OH is 1. The first-order valence-corrected chi connectivity index (χ1v) is 4.29. The van der Waals surface area contributed by atoms with E-state index in [1.165, 1.54) is 19.3 Å². The monoisotopic (exact) mass is 141 g/mol. The van der Waals surface area contributed by atoms with E-state index in [2.05, 4.69) is 5.32 Å². The minimum absolute atomic E-state index is 0.00579. The molecule has 10 heavy (non-hydrogen) atoms. The lowest BCUT2D eigenvalue weighted by Crippen LogP contribution is -2.45. The highest BCUT2D eigenvalue weighted by molar-refractivity contribution is 4.91. The van der Waals surface area contributed by atoms with E-state index in [0.29, 0.717) is 12.0 Å². The van der Waals surface area contributed by atoms with Gasteiger partial charge >= 0.3 is 0 Å². The summed E-state index contributed by atoms with van der Waals surface area (Å²) in [6.45, 7) is 1.02. The molecule has 2 fully saturated rings. The SMILES string of the molecule is O[C@@H]1CCN[C@@H]2CCC[C@@H]12. The van der Waals surface area contributed by atoms with Gasteiger partial charge in [0, 0.05) is 12.0 Å². The van der Waals surface area contributed by atoms with E-state index in [-0.39, 0.29) is 6.10 Å². The Labute approximate surface area is 61.6 Å². The second kappa shape index (κ2) is 2.51. The van der Waals surface area contributed by atoms with Crippen molar-refractivity contribution in [3.8, 4) is 0 Å². The Morgan fingerprint density at radius 3 is 2.90 bits per heavy atom. The third-order valence-corrected chi connectivity index (χ3v) is 2.91. The minimum atomic E-state index is -0.00579. The van der Waals surface area contributed by atoms with E-state index in [1.807, 2.05) is 0 Å². The molecule has 1 saturated heterocycles. The molecule has 3 atom stereocenters. The summed E-state index contributed by atoms with van der Waals surface area (Å²) in [6, 6.07) is 0.642. The topological polar surface area (TPSA) is 32.3 Å². The van der Waals surface area contributed by atoms with Crippen LogP contribution in [0.1, 0.15) is 25.7 Å². The molecule has 2 N–H and O–H groups in total. The van der Waals surface area contributed by atoms with Crippen LogP contribution in [0.2, 0.25) is 0 Å². The van der Waals surface area contributed by atoms with Crippen LogP contribution in [0.25, 0.3) is 0 Å². The van der Waals surface area contributed by atoms with Gasteiger partial charge in [-0.1, -0.05) is 6.42 Å². The van der Waals surface area contributed by atoms with Crippen molar-refractivity contribution < 1.29 is 5.11 Å². The minimum Gasteiger partial charge on any atom is -0.393 e. The summed E-state index contributed by atoms with van der Waals surface area (Å²) in [5.41, 5.74) is 0. The molecule has 0 radical (unpaired) electrons. The van der Waals surface area contributed by atoms with Crippen molar-refractivity contribution in [1.29, 1.82) is 0 Å². The van der Waals surface area contributed by atoms with Gasteiger partial charge < -0.3 is 10.4 Å². The Morgan fingerprint density at radius 1 is 1.20 bits per heavy atom. The number of hydrogen-bond acceptors (Lipinski definition) is 2. The van der Waals surface area contributed by atoms with Gasteiger partial charge in [-0.15, -0.1) is 0 Å². The van der Waals surface area contributed by atoms with Crippen molar-refractivity contribution in [2.75, 3.05) is 6.54 Å². The molecule has 58 valence electrons. The van der Waals surface area contributed by atoms with Crippen LogP contribution in [0.5, 0.6) is 0 Å². The van der Waals surface area contributed by atoms with Crippen LogP contribution < -0.4 is 5.32 Å². The van der Waals surface area contributed by atoms with Crippen LogP contribution in [0.15, 0.2) is 0 Å². The summed E-state index contributed by atoms with van der Waals surface area (Å²) in [5.74, 6) is 0.578. The molecule has 0 aromatic rings. The fourth-order valence-corrected chi connectivity index (χ4v) is 2.33. The molecule has 2 nitrogen and oxygen atoms in total. The van der Waals surface area contributed by atoms with Crippen LogP contribution in [0, 0.1) is 5.92 Å². The maximum absolute atomic E-state index is 9.54. The maximum Gasteiger partial charge on any atom is 0.0595 e. The van der Waals surface area contributed by atoms with Crippen molar-refractivity contribution >= 4 is 0 Å². The zero-order valence-electron chi connectivity index (χ0n) is 6.21. The van der Waals surface area contributed by atoms with E-state index < -0.39 is 0 Å². The summed E-state index contributed by atoms with van der Waals surface area (Å²) in [6.07, 6.45) is 4.77. The van der Waals surface area contributed by atoms with Crippen LogP contribution in [-0.2, 0) is 0 Å². The van der Waals surface area contributed by atoms with Crippen molar-refractivity contribution in [3.05, 3.63) is 0 Å². The Bertz CT molecular complexity index is 126. The molecule has 0 amide bonds. The summed E-state index contributed by atoms with van der Waals surface area (Å²) in [5, 5.41) is 13.0. The second-order valence-corrected chi connectivity index (χ2v) is 3.51. The average Bonchev–Trinajstić information content (AvgIpc) is 2.36. The molecular formula is C8H15NO. The molecule has 1 saturated carbocycles. The average molecular weight is 141 g/mol. The summed E-state index contributed by atoms with van der Waals surface area (Å²) in [4.78, 5) is 0. The molecule has 1 aliphatic carbocycles. The lowest BCUT2D eigenvalue weighted by atomic mass is 9.91. The summed E-state index contributed by atoms with van der Waals surface area (Å²) >= 11 is 0. The number of hydrogen-bond donors (Lipinski definition) is 2. The van der Waals surface area contributed by atoms with Gasteiger partial charge in [-0.05, 0) is 25.8 Å². The lowest BCUT2D eigenvalue weighted by molar-refractivity contribution is 0.0645. The molecule has 1 heterocycles. The highest BCUT2D eigenvalue weighted by Crippen LogP contribution is 2.31. The predicted octanol–water partition coefficient (Wildman–Crippen LogP) is 0.509. The van der Waals surface area contributed by atoms with Crippen molar-refractivity contribution in [2.24, 2.45) is 5.92 Å². The second-order valence-electron chi connectivity index (χ2n) is 3.51. The van der Waals surface area contributed by atoms with Crippen LogP contribution >= 0.6 is 0 Å². The van der Waals surface area contributed by atoms with Crippen LogP contribution in [0.3, 0.4) is 0 Å². The normalized spacial score (nSPS) is 47.1. The highest BCUT2D eigenvalue weighted by Gasteiger charge is 2.34. The largest absolute Gasteiger partial charge is 0.393 e. The first-order chi connectivity index (χ1) is 4.88. The van der Waals surface area contributed by atoms with Gasteiger partial charge in [0.05, 0.1) is 6.10 Å². The molecule has 0 aromatic heterocycles. The van der Waals surface area contributed by atoms with Crippen molar-refractivity contribution in [2.45, 2.75) is 37.8 Å². The zero-order valence-corrected chi connectivity index (χ0v) is 6.21. The number of piperidine rings is 1. The molecule has 0 bridgehead atoms. The van der Waals surface area contributed by atoms with Crippen LogP contribution in [-0.4, -0.2) is 23.8 Å². The molecule has 0 spiro atoms. The molecule has 2 heteroatoms. The Hall–Kier alpha value is -0.0800. The van der Waals surface area contributed by atoms with Gasteiger partial charge in [0.25, 0.3) is 0 Å². The summed E-state index contributed by atoms with van der Waals surface area (Å²) < 4.78 is 0. The Kier molecular flexibility index (Phi) is 1.66. The number of fused-ring (bicyclic) bond motifs is 1. The van der Waals surface area contributed by atoms with Gasteiger partial charge in [0.2, 0.25) is 0 Å². The van der Waals surface area contributed by atoms with Crippen molar-refractivity contribution in [3.63, 3.8) is 0 Å². The predicted molar refractivity (Wildman–Crippen MR) is 39.8 cm³/mol. The van der Waals surface area contributed by atoms with Gasteiger partial charge in [-0.3, -0.25) is 0 Å². The van der Waals surface area contributed by atoms with E-state index >= 15 is 0 Å². The van der Waals surface area contributed by atoms with Gasteiger partial charge in [-0.25, -0.2) is 0 Å². The molecule has 2 aliphatic rings. The fraction of sp³-hybridized carbons (Fsp3) is 1.00. The standard InChI is InChI=1S/C8H15NO/c10-8-4-5-9-7-3-1-2-6(7)8/h6-10H,1-5H2/t6-,7-,8-/m1/s1. The van der Waals surface area contributed by atoms with E-state index in [9.17, 15) is 5.11 Å². The van der Waals surface area contributed by atoms with Crippen molar-refractivity contribution in [1.82, 2.24) is 5.32 Å². The van der Waals surface area contributed by atoms with E-state index in [0.717, 1.165) is 13.0 Å². The smallest absolute Gasteiger partial charge is 0.0595 e. The summed E-state index contributed by atoms with van der Waals surface area (Å²) in [7, 11) is 0. The Morgan fingerprint density at radius 2 is 2.10 bits per heavy atom. The molecule has 1 aliphatic heterocycles. The van der Waals surface area contributed by atoms with Gasteiger partial charge in [-0.2, -0.15) is 0 Å². The van der Waals surface area contributed by atoms with Crippen LogP contribution in [0.4, 0.5) is 0 Å². The number of rotatable bonds is 0. The van der Waals surface area contributed by atoms with E-state index in [4.69, 9.17) is 0 Å². The molecule has 0 unspecified atom stereocenters. The quantitative estimate of drug-likeness (QED) is 0.515.